The summed E-state index contributed by atoms with van der Waals surface area (Å²) in [4.78, 5) is 10.9. The van der Waals surface area contributed by atoms with Gasteiger partial charge in [0, 0.05) is 33.8 Å². The molecule has 0 radical (unpaired) electrons. The van der Waals surface area contributed by atoms with E-state index in [2.05, 4.69) is 17.5 Å². The second kappa shape index (κ2) is 6.04. The fraction of sp³-hybridized carbons (Fsp3) is 0.263. The van der Waals surface area contributed by atoms with E-state index in [1.807, 2.05) is 19.1 Å². The molecule has 0 aromatic heterocycles. The van der Waals surface area contributed by atoms with Gasteiger partial charge in [-0.3, -0.25) is 10.1 Å². The minimum Gasteiger partial charge on any atom is -0.377 e. The molecule has 0 fully saturated rings. The first-order valence-electron chi connectivity index (χ1n) is 8.13. The summed E-state index contributed by atoms with van der Waals surface area (Å²) in [7, 11) is 0. The zero-order chi connectivity index (χ0) is 17.7. The molecule has 2 aromatic rings. The predicted molar refractivity (Wildman–Crippen MR) is 101 cm³/mol. The van der Waals surface area contributed by atoms with Crippen LogP contribution in [0.15, 0.2) is 42.5 Å². The number of non-ortho nitro benzene ring substituents is 1. The summed E-state index contributed by atoms with van der Waals surface area (Å²) in [6.45, 7) is 1.90. The fourth-order valence-electron chi connectivity index (χ4n) is 4.03. The van der Waals surface area contributed by atoms with Gasteiger partial charge in [0.2, 0.25) is 0 Å². The second-order valence-electron chi connectivity index (χ2n) is 6.63. The number of rotatable bonds is 2. The highest BCUT2D eigenvalue weighted by atomic mass is 35.5. The molecule has 4 rings (SSSR count). The minimum absolute atomic E-state index is 0.0393. The van der Waals surface area contributed by atoms with E-state index in [0.29, 0.717) is 10.0 Å². The molecule has 1 aliphatic heterocycles. The van der Waals surface area contributed by atoms with Gasteiger partial charge in [0.1, 0.15) is 0 Å². The van der Waals surface area contributed by atoms with Crippen LogP contribution >= 0.6 is 23.2 Å². The molecule has 0 amide bonds. The van der Waals surface area contributed by atoms with Crippen LogP contribution in [-0.2, 0) is 0 Å². The maximum atomic E-state index is 11.2. The average Bonchev–Trinajstić information content (AvgIpc) is 3.04. The van der Waals surface area contributed by atoms with Crippen LogP contribution in [0.1, 0.15) is 35.1 Å². The molecule has 1 heterocycles. The van der Waals surface area contributed by atoms with Crippen molar-refractivity contribution in [3.8, 4) is 0 Å². The third-order valence-corrected chi connectivity index (χ3v) is 5.72. The van der Waals surface area contributed by atoms with E-state index in [-0.39, 0.29) is 28.5 Å². The largest absolute Gasteiger partial charge is 0.377 e. The van der Waals surface area contributed by atoms with E-state index >= 15 is 0 Å². The summed E-state index contributed by atoms with van der Waals surface area (Å²) in [6.07, 6.45) is 5.21. The summed E-state index contributed by atoms with van der Waals surface area (Å²) >= 11 is 12.5. The molecule has 25 heavy (non-hydrogen) atoms. The number of fused-ring (bicyclic) bond motifs is 3. The van der Waals surface area contributed by atoms with Gasteiger partial charge in [-0.1, -0.05) is 41.4 Å². The molecule has 6 heteroatoms. The first-order chi connectivity index (χ1) is 12.0. The molecule has 1 N–H and O–H groups in total. The lowest BCUT2D eigenvalue weighted by atomic mass is 9.76. The van der Waals surface area contributed by atoms with Gasteiger partial charge in [-0.25, -0.2) is 0 Å². The van der Waals surface area contributed by atoms with E-state index in [4.69, 9.17) is 23.2 Å². The van der Waals surface area contributed by atoms with Gasteiger partial charge in [0.25, 0.3) is 5.69 Å². The number of nitrogens with one attached hydrogen (secondary N) is 1. The maximum absolute atomic E-state index is 11.2. The smallest absolute Gasteiger partial charge is 0.270 e. The van der Waals surface area contributed by atoms with E-state index in [1.54, 1.807) is 18.2 Å². The molecular weight excluding hydrogens is 359 g/mol. The Morgan fingerprint density at radius 2 is 2.00 bits per heavy atom. The standard InChI is InChI=1S/C19H16Cl2N2O2/c1-10-7-12(23(24)25)9-16-13-3-2-4-14(13)19(22-18(10)16)15-6-5-11(20)8-17(15)21/h2-3,5-9,13-14,19,22H,4H2,1H3/t13-,14-,19+/m1/s1. The summed E-state index contributed by atoms with van der Waals surface area (Å²) in [6, 6.07) is 8.92. The molecule has 3 atom stereocenters. The summed E-state index contributed by atoms with van der Waals surface area (Å²) in [5.41, 5.74) is 3.98. The van der Waals surface area contributed by atoms with Crippen LogP contribution in [0.2, 0.25) is 10.0 Å². The molecule has 0 saturated heterocycles. The van der Waals surface area contributed by atoms with Crippen LogP contribution in [0.5, 0.6) is 0 Å². The van der Waals surface area contributed by atoms with Crippen LogP contribution in [-0.4, -0.2) is 4.92 Å². The highest BCUT2D eigenvalue weighted by molar-refractivity contribution is 6.35. The first-order valence-corrected chi connectivity index (χ1v) is 8.88. The number of aryl methyl sites for hydroxylation is 1. The van der Waals surface area contributed by atoms with Crippen molar-refractivity contribution in [2.75, 3.05) is 5.32 Å². The Hall–Kier alpha value is -2.04. The zero-order valence-corrected chi connectivity index (χ0v) is 15.0. The van der Waals surface area contributed by atoms with Gasteiger partial charge >= 0.3 is 0 Å². The Morgan fingerprint density at radius 1 is 1.20 bits per heavy atom. The normalized spacial score (nSPS) is 23.7. The number of nitro groups is 1. The van der Waals surface area contributed by atoms with Crippen molar-refractivity contribution in [3.05, 3.63) is 79.3 Å². The van der Waals surface area contributed by atoms with E-state index in [9.17, 15) is 10.1 Å². The second-order valence-corrected chi connectivity index (χ2v) is 7.47. The molecule has 0 saturated carbocycles. The molecule has 128 valence electrons. The van der Waals surface area contributed by atoms with Crippen molar-refractivity contribution in [1.29, 1.82) is 0 Å². The number of allylic oxidation sites excluding steroid dienone is 2. The van der Waals surface area contributed by atoms with Crippen molar-refractivity contribution in [1.82, 2.24) is 0 Å². The monoisotopic (exact) mass is 374 g/mol. The van der Waals surface area contributed by atoms with Gasteiger partial charge in [0.15, 0.2) is 0 Å². The van der Waals surface area contributed by atoms with Crippen LogP contribution in [0.3, 0.4) is 0 Å². The van der Waals surface area contributed by atoms with Crippen molar-refractivity contribution < 1.29 is 4.92 Å². The Morgan fingerprint density at radius 3 is 2.72 bits per heavy atom. The minimum atomic E-state index is -0.330. The van der Waals surface area contributed by atoms with Crippen LogP contribution < -0.4 is 5.32 Å². The number of benzene rings is 2. The van der Waals surface area contributed by atoms with Crippen LogP contribution in [0.4, 0.5) is 11.4 Å². The van der Waals surface area contributed by atoms with Gasteiger partial charge in [-0.05, 0) is 48.1 Å². The summed E-state index contributed by atoms with van der Waals surface area (Å²) in [5, 5.41) is 16.1. The Labute approximate surface area is 155 Å². The predicted octanol–water partition coefficient (Wildman–Crippen LogP) is 6.04. The highest BCUT2D eigenvalue weighted by Crippen LogP contribution is 2.52. The van der Waals surface area contributed by atoms with Crippen LogP contribution in [0, 0.1) is 23.0 Å². The molecular formula is C19H16Cl2N2O2. The topological polar surface area (TPSA) is 55.2 Å². The maximum Gasteiger partial charge on any atom is 0.270 e. The van der Waals surface area contributed by atoms with Crippen molar-refractivity contribution in [3.63, 3.8) is 0 Å². The number of halogens is 2. The molecule has 0 spiro atoms. The van der Waals surface area contributed by atoms with Gasteiger partial charge in [0.05, 0.1) is 11.0 Å². The Balaban J connectivity index is 1.84. The average molecular weight is 375 g/mol. The van der Waals surface area contributed by atoms with Gasteiger partial charge in [-0.15, -0.1) is 0 Å². The van der Waals surface area contributed by atoms with Crippen molar-refractivity contribution in [2.45, 2.75) is 25.3 Å². The lowest BCUT2D eigenvalue weighted by Gasteiger charge is -2.38. The Bertz CT molecular complexity index is 911. The van der Waals surface area contributed by atoms with Crippen molar-refractivity contribution in [2.24, 2.45) is 5.92 Å². The molecule has 1 aliphatic carbocycles. The first kappa shape index (κ1) is 16.4. The third-order valence-electron chi connectivity index (χ3n) is 5.16. The highest BCUT2D eigenvalue weighted by Gasteiger charge is 2.40. The number of anilines is 1. The van der Waals surface area contributed by atoms with E-state index in [1.165, 1.54) is 0 Å². The summed E-state index contributed by atoms with van der Waals surface area (Å²) in [5.74, 6) is 0.416. The lowest BCUT2D eigenvalue weighted by molar-refractivity contribution is -0.385. The van der Waals surface area contributed by atoms with E-state index < -0.39 is 0 Å². The quantitative estimate of drug-likeness (QED) is 0.396. The summed E-state index contributed by atoms with van der Waals surface area (Å²) < 4.78 is 0. The number of hydrogen-bond donors (Lipinski definition) is 1. The number of hydrogen-bond acceptors (Lipinski definition) is 3. The van der Waals surface area contributed by atoms with Crippen LogP contribution in [0.25, 0.3) is 0 Å². The van der Waals surface area contributed by atoms with E-state index in [0.717, 1.165) is 28.8 Å². The Kier molecular flexibility index (Phi) is 3.97. The lowest BCUT2D eigenvalue weighted by Crippen LogP contribution is -2.29. The number of nitro benzene ring substituents is 1. The molecule has 2 aromatic carbocycles. The van der Waals surface area contributed by atoms with Gasteiger partial charge < -0.3 is 5.32 Å². The third kappa shape index (κ3) is 2.70. The molecule has 2 aliphatic rings. The molecule has 0 unspecified atom stereocenters. The van der Waals surface area contributed by atoms with Crippen molar-refractivity contribution >= 4 is 34.6 Å². The van der Waals surface area contributed by atoms with Gasteiger partial charge in [-0.2, -0.15) is 0 Å². The zero-order valence-electron chi connectivity index (χ0n) is 13.5. The number of nitrogens with zero attached hydrogens (tertiary/aromatic N) is 1. The SMILES string of the molecule is Cc1cc([N+](=O)[O-])cc2c1N[C@H](c1ccc(Cl)cc1Cl)[C@@H]1CC=C[C@@H]21. The molecule has 4 nitrogen and oxygen atoms in total. The fourth-order valence-corrected chi connectivity index (χ4v) is 4.56. The molecule has 0 bridgehead atoms.